The molecule has 0 aliphatic carbocycles. The van der Waals surface area contributed by atoms with E-state index in [1.165, 1.54) is 0 Å². The van der Waals surface area contributed by atoms with Gasteiger partial charge in [0.1, 0.15) is 0 Å². The third-order valence-corrected chi connectivity index (χ3v) is 4.91. The van der Waals surface area contributed by atoms with Crippen molar-refractivity contribution in [2.24, 2.45) is 0 Å². The SMILES string of the molecule is CN(Cc1cc(-c2ccco2)on1)C1CCN(c2ccccc2Cl)C1=O. The predicted molar refractivity (Wildman–Crippen MR) is 97.9 cm³/mol. The topological polar surface area (TPSA) is 62.7 Å². The number of likely N-dealkylation sites (N-methyl/N-ethyl adjacent to an activating group) is 1. The summed E-state index contributed by atoms with van der Waals surface area (Å²) < 4.78 is 10.6. The lowest BCUT2D eigenvalue weighted by molar-refractivity contribution is -0.121. The van der Waals surface area contributed by atoms with Crippen LogP contribution in [0.5, 0.6) is 0 Å². The first-order chi connectivity index (χ1) is 12.6. The maximum atomic E-state index is 12.8. The summed E-state index contributed by atoms with van der Waals surface area (Å²) in [6.45, 7) is 1.16. The summed E-state index contributed by atoms with van der Waals surface area (Å²) in [6.07, 6.45) is 2.33. The molecule has 1 amide bonds. The lowest BCUT2D eigenvalue weighted by Crippen LogP contribution is -2.39. The highest BCUT2D eigenvalue weighted by atomic mass is 35.5. The van der Waals surface area contributed by atoms with Gasteiger partial charge in [0.15, 0.2) is 5.76 Å². The van der Waals surface area contributed by atoms with E-state index in [1.807, 2.05) is 42.3 Å². The van der Waals surface area contributed by atoms with Gasteiger partial charge < -0.3 is 13.8 Å². The molecule has 1 aliphatic rings. The quantitative estimate of drug-likeness (QED) is 0.682. The number of hydrogen-bond donors (Lipinski definition) is 0. The Morgan fingerprint density at radius 3 is 2.88 bits per heavy atom. The van der Waals surface area contributed by atoms with Gasteiger partial charge >= 0.3 is 0 Å². The Bertz CT molecular complexity index is 906. The number of aromatic nitrogens is 1. The molecule has 1 unspecified atom stereocenters. The number of hydrogen-bond acceptors (Lipinski definition) is 5. The van der Waals surface area contributed by atoms with Gasteiger partial charge in [-0.1, -0.05) is 28.9 Å². The van der Waals surface area contributed by atoms with Gasteiger partial charge in [-0.2, -0.15) is 0 Å². The smallest absolute Gasteiger partial charge is 0.244 e. The van der Waals surface area contributed by atoms with Crippen LogP contribution in [0.1, 0.15) is 12.1 Å². The number of anilines is 1. The summed E-state index contributed by atoms with van der Waals surface area (Å²) in [4.78, 5) is 16.6. The number of carbonyl (C=O) groups excluding carboxylic acids is 1. The van der Waals surface area contributed by atoms with Crippen LogP contribution < -0.4 is 4.90 Å². The van der Waals surface area contributed by atoms with Gasteiger partial charge in [-0.15, -0.1) is 0 Å². The van der Waals surface area contributed by atoms with Crippen LogP contribution in [0.3, 0.4) is 0 Å². The lowest BCUT2D eigenvalue weighted by atomic mass is 10.2. The van der Waals surface area contributed by atoms with Gasteiger partial charge in [0, 0.05) is 19.2 Å². The highest BCUT2D eigenvalue weighted by molar-refractivity contribution is 6.33. The maximum Gasteiger partial charge on any atom is 0.244 e. The summed E-state index contributed by atoms with van der Waals surface area (Å²) in [5.74, 6) is 1.26. The molecule has 3 heterocycles. The average molecular weight is 372 g/mol. The fourth-order valence-electron chi connectivity index (χ4n) is 3.27. The Morgan fingerprint density at radius 1 is 1.27 bits per heavy atom. The largest absolute Gasteiger partial charge is 0.461 e. The van der Waals surface area contributed by atoms with Crippen molar-refractivity contribution in [3.8, 4) is 11.5 Å². The van der Waals surface area contributed by atoms with Crippen LogP contribution in [-0.4, -0.2) is 35.6 Å². The fraction of sp³-hybridized carbons (Fsp3) is 0.263. The number of amides is 1. The van der Waals surface area contributed by atoms with Crippen LogP contribution in [0.25, 0.3) is 11.5 Å². The third kappa shape index (κ3) is 3.13. The van der Waals surface area contributed by atoms with Crippen LogP contribution in [0.2, 0.25) is 5.02 Å². The highest BCUT2D eigenvalue weighted by Gasteiger charge is 2.36. The van der Waals surface area contributed by atoms with Gasteiger partial charge in [-0.25, -0.2) is 0 Å². The standard InChI is InChI=1S/C19H18ClN3O3/c1-22(12-13-11-18(26-21-13)17-7-4-10-25-17)16-8-9-23(19(16)24)15-6-3-2-5-14(15)20/h2-7,10-11,16H,8-9,12H2,1H3. The number of benzene rings is 1. The lowest BCUT2D eigenvalue weighted by Gasteiger charge is -2.23. The number of nitrogens with zero attached hydrogens (tertiary/aromatic N) is 3. The molecule has 1 atom stereocenters. The first-order valence-corrected chi connectivity index (χ1v) is 8.77. The Morgan fingerprint density at radius 2 is 2.12 bits per heavy atom. The summed E-state index contributed by atoms with van der Waals surface area (Å²) >= 11 is 6.24. The first-order valence-electron chi connectivity index (χ1n) is 8.39. The van der Waals surface area contributed by atoms with Crippen LogP contribution in [0.15, 0.2) is 57.7 Å². The number of carbonyl (C=O) groups is 1. The second-order valence-electron chi connectivity index (χ2n) is 6.32. The predicted octanol–water partition coefficient (Wildman–Crippen LogP) is 3.83. The van der Waals surface area contributed by atoms with Crippen molar-refractivity contribution >= 4 is 23.2 Å². The molecular formula is C19H18ClN3O3. The minimum Gasteiger partial charge on any atom is -0.461 e. The Balaban J connectivity index is 1.45. The monoisotopic (exact) mass is 371 g/mol. The van der Waals surface area contributed by atoms with Gasteiger partial charge in [0.05, 0.1) is 28.7 Å². The zero-order chi connectivity index (χ0) is 18.1. The van der Waals surface area contributed by atoms with Gasteiger partial charge in [0.25, 0.3) is 0 Å². The molecule has 134 valence electrons. The molecule has 1 fully saturated rings. The molecule has 1 saturated heterocycles. The molecule has 0 radical (unpaired) electrons. The number of para-hydroxylation sites is 1. The second-order valence-corrected chi connectivity index (χ2v) is 6.73. The van der Waals surface area contributed by atoms with Crippen molar-refractivity contribution in [3.63, 3.8) is 0 Å². The fourth-order valence-corrected chi connectivity index (χ4v) is 3.51. The Labute approximate surface area is 155 Å². The molecule has 0 spiro atoms. The van der Waals surface area contributed by atoms with E-state index < -0.39 is 0 Å². The normalized spacial score (nSPS) is 17.4. The highest BCUT2D eigenvalue weighted by Crippen LogP contribution is 2.30. The van der Waals surface area contributed by atoms with Crippen molar-refractivity contribution in [3.05, 3.63) is 59.4 Å². The van der Waals surface area contributed by atoms with Crippen molar-refractivity contribution in [1.82, 2.24) is 10.1 Å². The van der Waals surface area contributed by atoms with Crippen molar-refractivity contribution < 1.29 is 13.7 Å². The van der Waals surface area contributed by atoms with E-state index in [4.69, 9.17) is 20.5 Å². The molecule has 26 heavy (non-hydrogen) atoms. The van der Waals surface area contributed by atoms with Crippen LogP contribution in [0.4, 0.5) is 5.69 Å². The minimum atomic E-state index is -0.213. The van der Waals surface area contributed by atoms with Crippen LogP contribution >= 0.6 is 11.6 Å². The maximum absolute atomic E-state index is 12.8. The van der Waals surface area contributed by atoms with Gasteiger partial charge in [-0.3, -0.25) is 9.69 Å². The number of rotatable bonds is 5. The van der Waals surface area contributed by atoms with Crippen molar-refractivity contribution in [2.75, 3.05) is 18.5 Å². The molecule has 0 N–H and O–H groups in total. The molecule has 1 aromatic carbocycles. The zero-order valence-corrected chi connectivity index (χ0v) is 15.0. The van der Waals surface area contributed by atoms with E-state index in [9.17, 15) is 4.79 Å². The molecule has 2 aromatic heterocycles. The third-order valence-electron chi connectivity index (χ3n) is 4.59. The number of furan rings is 1. The van der Waals surface area contributed by atoms with Crippen LogP contribution in [0, 0.1) is 0 Å². The Hall–Kier alpha value is -2.57. The van der Waals surface area contributed by atoms with E-state index in [0.717, 1.165) is 17.8 Å². The number of halogens is 1. The van der Waals surface area contributed by atoms with E-state index in [2.05, 4.69) is 5.16 Å². The Kier molecular flexibility index (Phi) is 4.53. The summed E-state index contributed by atoms with van der Waals surface area (Å²) in [5.41, 5.74) is 1.51. The average Bonchev–Trinajstić information content (AvgIpc) is 3.36. The van der Waals surface area contributed by atoms with E-state index in [-0.39, 0.29) is 11.9 Å². The minimum absolute atomic E-state index is 0.0513. The summed E-state index contributed by atoms with van der Waals surface area (Å²) in [6, 6.07) is 12.6. The molecule has 6 nitrogen and oxygen atoms in total. The van der Waals surface area contributed by atoms with Crippen molar-refractivity contribution in [1.29, 1.82) is 0 Å². The molecule has 7 heteroatoms. The first kappa shape index (κ1) is 16.9. The summed E-state index contributed by atoms with van der Waals surface area (Å²) in [5, 5.41) is 4.66. The second kappa shape index (κ2) is 6.97. The van der Waals surface area contributed by atoms with E-state index >= 15 is 0 Å². The van der Waals surface area contributed by atoms with Gasteiger partial charge in [-0.05, 0) is 37.7 Å². The zero-order valence-electron chi connectivity index (χ0n) is 14.3. The molecular weight excluding hydrogens is 354 g/mol. The van der Waals surface area contributed by atoms with Crippen molar-refractivity contribution in [2.45, 2.75) is 19.0 Å². The molecule has 3 aromatic rings. The molecule has 4 rings (SSSR count). The van der Waals surface area contributed by atoms with E-state index in [0.29, 0.717) is 29.6 Å². The molecule has 0 bridgehead atoms. The molecule has 0 saturated carbocycles. The van der Waals surface area contributed by atoms with Crippen LogP contribution in [-0.2, 0) is 11.3 Å². The van der Waals surface area contributed by atoms with E-state index in [1.54, 1.807) is 23.3 Å². The summed E-state index contributed by atoms with van der Waals surface area (Å²) in [7, 11) is 1.92. The van der Waals surface area contributed by atoms with Gasteiger partial charge in [0.2, 0.25) is 11.7 Å². The molecule has 1 aliphatic heterocycles.